The van der Waals surface area contributed by atoms with Crippen LogP contribution in [0.4, 0.5) is 35.9 Å². The van der Waals surface area contributed by atoms with Crippen molar-refractivity contribution in [2.45, 2.75) is 33.9 Å². The van der Waals surface area contributed by atoms with E-state index in [0.29, 0.717) is 48.8 Å². The number of hydrogen-bond donors (Lipinski definition) is 3. The van der Waals surface area contributed by atoms with Gasteiger partial charge in [-0.05, 0) is 61.9 Å². The van der Waals surface area contributed by atoms with Crippen LogP contribution in [-0.2, 0) is 13.2 Å². The van der Waals surface area contributed by atoms with Crippen molar-refractivity contribution in [1.82, 2.24) is 14.8 Å². The van der Waals surface area contributed by atoms with Crippen LogP contribution in [0.3, 0.4) is 0 Å². The highest BCUT2D eigenvalue weighted by Crippen LogP contribution is 2.35. The summed E-state index contributed by atoms with van der Waals surface area (Å²) in [5.74, 6) is 5.73. The smallest absolute Gasteiger partial charge is 0.397 e. The number of pyridine rings is 1. The van der Waals surface area contributed by atoms with Crippen LogP contribution in [0.1, 0.15) is 46.6 Å². The molecule has 5 N–H and O–H groups in total. The largest absolute Gasteiger partial charge is 0.416 e. The number of hydrogen-bond acceptors (Lipinski definition) is 8. The molecule has 244 valence electrons. The van der Waals surface area contributed by atoms with E-state index in [0.717, 1.165) is 29.1 Å². The number of alkyl halides is 3. The summed E-state index contributed by atoms with van der Waals surface area (Å²) >= 11 is 0. The van der Waals surface area contributed by atoms with Gasteiger partial charge in [-0.25, -0.2) is 5.84 Å². The number of amides is 1. The summed E-state index contributed by atoms with van der Waals surface area (Å²) in [5, 5.41) is 8.15. The van der Waals surface area contributed by atoms with Crippen molar-refractivity contribution >= 4 is 34.4 Å². The fraction of sp³-hybridized carbons (Fsp3) is 0.303. The van der Waals surface area contributed by atoms with Gasteiger partial charge in [0.05, 0.1) is 23.1 Å². The van der Waals surface area contributed by atoms with E-state index in [-0.39, 0.29) is 11.3 Å². The third kappa shape index (κ3) is 7.78. The van der Waals surface area contributed by atoms with Crippen molar-refractivity contribution in [2.75, 3.05) is 46.3 Å². The molecule has 0 unspecified atom stereocenters. The molecule has 0 saturated carbocycles. The van der Waals surface area contributed by atoms with Gasteiger partial charge >= 0.3 is 6.18 Å². The monoisotopic (exact) mass is 635 g/mol. The Bertz CT molecular complexity index is 1680. The van der Waals surface area contributed by atoms with Crippen molar-refractivity contribution in [2.24, 2.45) is 18.6 Å². The number of nitrogens with zero attached hydrogens (tertiary/aromatic N) is 6. The van der Waals surface area contributed by atoms with E-state index in [4.69, 9.17) is 11.6 Å². The SMILES string of the molecule is CC.Cc1ccc(C(=O)Nc2cc(N3CCN(c4ccncc4)CC3)cc(C(F)(F)F)c2)cc1N(N)/C=C(\N)c1cnn(C)c1C. The molecule has 1 aliphatic heterocycles. The quantitative estimate of drug-likeness (QED) is 0.175. The average molecular weight is 636 g/mol. The van der Waals surface area contributed by atoms with Gasteiger partial charge in [0.2, 0.25) is 0 Å². The molecule has 4 aromatic rings. The third-order valence-corrected chi connectivity index (χ3v) is 7.75. The molecule has 5 rings (SSSR count). The Hall–Kier alpha value is -5.04. The van der Waals surface area contributed by atoms with E-state index >= 15 is 0 Å². The second-order valence-corrected chi connectivity index (χ2v) is 10.7. The number of aromatic nitrogens is 3. The fourth-order valence-corrected chi connectivity index (χ4v) is 5.11. The maximum atomic E-state index is 13.9. The highest BCUT2D eigenvalue weighted by molar-refractivity contribution is 6.05. The molecule has 0 aliphatic carbocycles. The molecule has 1 aliphatic rings. The molecule has 3 heterocycles. The lowest BCUT2D eigenvalue weighted by Crippen LogP contribution is -2.46. The van der Waals surface area contributed by atoms with Crippen LogP contribution in [-0.4, -0.2) is 46.9 Å². The normalized spacial score (nSPS) is 13.6. The second kappa shape index (κ2) is 14.4. The molecule has 46 heavy (non-hydrogen) atoms. The molecule has 1 saturated heterocycles. The van der Waals surface area contributed by atoms with Crippen LogP contribution in [0.2, 0.25) is 0 Å². The zero-order valence-corrected chi connectivity index (χ0v) is 26.6. The minimum absolute atomic E-state index is 0.0410. The minimum Gasteiger partial charge on any atom is -0.397 e. The van der Waals surface area contributed by atoms with E-state index in [9.17, 15) is 18.0 Å². The first kappa shape index (κ1) is 33.8. The third-order valence-electron chi connectivity index (χ3n) is 7.75. The summed E-state index contributed by atoms with van der Waals surface area (Å²) < 4.78 is 43.4. The Labute approximate surface area is 267 Å². The van der Waals surface area contributed by atoms with Crippen molar-refractivity contribution in [3.8, 4) is 0 Å². The van der Waals surface area contributed by atoms with E-state index in [2.05, 4.69) is 20.3 Å². The van der Waals surface area contributed by atoms with Gasteiger partial charge in [-0.2, -0.15) is 18.3 Å². The van der Waals surface area contributed by atoms with Crippen LogP contribution in [0.5, 0.6) is 0 Å². The number of hydrazine groups is 1. The van der Waals surface area contributed by atoms with Crippen LogP contribution in [0, 0.1) is 13.8 Å². The molecular formula is C33H40F3N9O. The number of anilines is 4. The Balaban J connectivity index is 0.00000235. The first-order chi connectivity index (χ1) is 21.9. The summed E-state index contributed by atoms with van der Waals surface area (Å²) in [5.41, 5.74) is 10.3. The zero-order chi connectivity index (χ0) is 33.6. The average Bonchev–Trinajstić information content (AvgIpc) is 3.39. The number of halogens is 3. The summed E-state index contributed by atoms with van der Waals surface area (Å²) in [4.78, 5) is 21.4. The van der Waals surface area contributed by atoms with Gasteiger partial charge in [-0.3, -0.25) is 19.5 Å². The van der Waals surface area contributed by atoms with Crippen molar-refractivity contribution < 1.29 is 18.0 Å². The molecule has 1 amide bonds. The highest BCUT2D eigenvalue weighted by Gasteiger charge is 2.32. The minimum atomic E-state index is -4.59. The van der Waals surface area contributed by atoms with E-state index in [1.54, 1.807) is 54.6 Å². The summed E-state index contributed by atoms with van der Waals surface area (Å²) in [6, 6.07) is 12.3. The highest BCUT2D eigenvalue weighted by atomic mass is 19.4. The topological polar surface area (TPSA) is 122 Å². The number of carbonyl (C=O) groups excluding carboxylic acids is 1. The lowest BCUT2D eigenvalue weighted by Gasteiger charge is -2.37. The Morgan fingerprint density at radius 1 is 0.957 bits per heavy atom. The Morgan fingerprint density at radius 3 is 2.17 bits per heavy atom. The number of piperazine rings is 1. The summed E-state index contributed by atoms with van der Waals surface area (Å²) in [6.45, 7) is 9.98. The number of nitrogens with one attached hydrogen (secondary N) is 1. The number of rotatable bonds is 7. The predicted molar refractivity (Wildman–Crippen MR) is 177 cm³/mol. The molecule has 0 spiro atoms. The van der Waals surface area contributed by atoms with Gasteiger partial charge < -0.3 is 20.9 Å². The first-order valence-electron chi connectivity index (χ1n) is 14.9. The van der Waals surface area contributed by atoms with Crippen LogP contribution in [0.15, 0.2) is 73.3 Å². The number of aryl methyl sites for hydroxylation is 2. The van der Waals surface area contributed by atoms with Gasteiger partial charge in [0.15, 0.2) is 0 Å². The van der Waals surface area contributed by atoms with Gasteiger partial charge in [0, 0.05) is 85.7 Å². The molecule has 13 heteroatoms. The van der Waals surface area contributed by atoms with Gasteiger partial charge in [-0.15, -0.1) is 0 Å². The number of nitrogens with two attached hydrogens (primary N) is 2. The molecule has 2 aromatic carbocycles. The Morgan fingerprint density at radius 2 is 1.59 bits per heavy atom. The molecule has 0 radical (unpaired) electrons. The van der Waals surface area contributed by atoms with Crippen LogP contribution < -0.4 is 31.7 Å². The van der Waals surface area contributed by atoms with E-state index in [1.165, 1.54) is 11.2 Å². The van der Waals surface area contributed by atoms with Crippen LogP contribution >= 0.6 is 0 Å². The van der Waals surface area contributed by atoms with E-state index < -0.39 is 17.6 Å². The number of carbonyl (C=O) groups is 1. The zero-order valence-electron chi connectivity index (χ0n) is 26.6. The maximum Gasteiger partial charge on any atom is 0.416 e. The summed E-state index contributed by atoms with van der Waals surface area (Å²) in [7, 11) is 1.80. The molecule has 1 fully saturated rings. The Kier molecular flexibility index (Phi) is 10.6. The van der Waals surface area contributed by atoms with E-state index in [1.807, 2.05) is 44.7 Å². The van der Waals surface area contributed by atoms with Gasteiger partial charge in [0.25, 0.3) is 5.91 Å². The predicted octanol–water partition coefficient (Wildman–Crippen LogP) is 5.69. The van der Waals surface area contributed by atoms with Crippen LogP contribution in [0.25, 0.3) is 5.70 Å². The van der Waals surface area contributed by atoms with Crippen molar-refractivity contribution in [3.05, 3.63) is 101 Å². The maximum absolute atomic E-state index is 13.9. The standard InChI is InChI=1S/C31H34F3N9O.C2H6/c1-20-4-5-22(14-29(20)43(36)19-28(35)27-18-38-40(3)21(27)2)30(44)39-24-15-23(31(32,33)34)16-26(17-24)42-12-10-41(11-13-42)25-6-8-37-9-7-25;1-2/h4-9,14-19H,10-13,35-36H2,1-3H3,(H,39,44);1-2H3/b28-19-;. The summed E-state index contributed by atoms with van der Waals surface area (Å²) in [6.07, 6.45) is 1.99. The second-order valence-electron chi connectivity index (χ2n) is 10.7. The van der Waals surface area contributed by atoms with Gasteiger partial charge in [-0.1, -0.05) is 19.9 Å². The first-order valence-corrected chi connectivity index (χ1v) is 14.9. The molecule has 2 aromatic heterocycles. The lowest BCUT2D eigenvalue weighted by molar-refractivity contribution is -0.137. The van der Waals surface area contributed by atoms with Gasteiger partial charge in [0.1, 0.15) is 0 Å². The molecule has 10 nitrogen and oxygen atoms in total. The molecule has 0 atom stereocenters. The molecular weight excluding hydrogens is 595 g/mol. The number of benzene rings is 2. The molecule has 0 bridgehead atoms. The van der Waals surface area contributed by atoms with Crippen molar-refractivity contribution in [3.63, 3.8) is 0 Å². The lowest BCUT2D eigenvalue weighted by atomic mass is 10.1. The fourth-order valence-electron chi connectivity index (χ4n) is 5.11. The van der Waals surface area contributed by atoms with Crippen molar-refractivity contribution in [1.29, 1.82) is 0 Å².